The van der Waals surface area contributed by atoms with Gasteiger partial charge in [-0.2, -0.15) is 52.7 Å². The number of benzene rings is 2. The van der Waals surface area contributed by atoms with Gasteiger partial charge in [0.15, 0.2) is 5.82 Å². The topological polar surface area (TPSA) is 30.7 Å². The van der Waals surface area contributed by atoms with Crippen LogP contribution in [-0.4, -0.2) is 27.1 Å². The Kier molecular flexibility index (Phi) is 6.84. The predicted molar refractivity (Wildman–Crippen MR) is 112 cm³/mol. The third-order valence-electron chi connectivity index (χ3n) is 5.72. The van der Waals surface area contributed by atoms with Gasteiger partial charge in [0.2, 0.25) is 0 Å². The van der Waals surface area contributed by atoms with Crippen LogP contribution in [0.15, 0.2) is 71.8 Å². The van der Waals surface area contributed by atoms with Gasteiger partial charge in [-0.1, -0.05) is 24.3 Å². The number of allylic oxidation sites excluding steroid dienone is 4. The summed E-state index contributed by atoms with van der Waals surface area (Å²) in [4.78, 5) is 0. The molecule has 1 aromatic heterocycles. The van der Waals surface area contributed by atoms with Gasteiger partial charge in [0, 0.05) is 22.7 Å². The molecule has 2 aromatic carbocycles. The summed E-state index contributed by atoms with van der Waals surface area (Å²) in [6.45, 7) is 0. The van der Waals surface area contributed by atoms with E-state index in [0.29, 0.717) is 18.2 Å². The molecular weight excluding hydrogens is 558 g/mol. The van der Waals surface area contributed by atoms with E-state index in [0.717, 1.165) is 4.57 Å². The second-order valence-electron chi connectivity index (χ2n) is 8.45. The molecule has 0 amide bonds. The SMILES string of the molecule is FC(F)(F)C1=CC(c2nnc(-c3cc(C(F)(F)F)cc(C(F)(F)F)c3)n2-c2ccccc2)CC(C(F)(F)F)=C1. The van der Waals surface area contributed by atoms with Crippen LogP contribution in [0.5, 0.6) is 0 Å². The molecule has 3 nitrogen and oxygen atoms in total. The monoisotopic (exact) mass is 571 g/mol. The molecule has 0 spiro atoms. The first kappa shape index (κ1) is 28.2. The Hall–Kier alpha value is -3.78. The molecule has 1 aliphatic carbocycles. The van der Waals surface area contributed by atoms with Gasteiger partial charge in [-0.05, 0) is 42.8 Å². The summed E-state index contributed by atoms with van der Waals surface area (Å²) in [5, 5.41) is 7.28. The van der Waals surface area contributed by atoms with Gasteiger partial charge in [0.05, 0.1) is 16.7 Å². The van der Waals surface area contributed by atoms with E-state index in [-0.39, 0.29) is 17.8 Å². The molecule has 4 rings (SSSR count). The molecule has 1 heterocycles. The fraction of sp³-hybridized carbons (Fsp3) is 0.250. The number of para-hydroxylation sites is 1. The van der Waals surface area contributed by atoms with Crippen LogP contribution in [0, 0.1) is 0 Å². The quantitative estimate of drug-likeness (QED) is 0.296. The van der Waals surface area contributed by atoms with E-state index in [2.05, 4.69) is 10.2 Å². The summed E-state index contributed by atoms with van der Waals surface area (Å²) >= 11 is 0. The highest BCUT2D eigenvalue weighted by Gasteiger charge is 2.43. The van der Waals surface area contributed by atoms with Crippen molar-refractivity contribution in [3.63, 3.8) is 0 Å². The zero-order chi connectivity index (χ0) is 29.0. The Bertz CT molecular complexity index is 1390. The Morgan fingerprint density at radius 3 is 1.72 bits per heavy atom. The zero-order valence-electron chi connectivity index (χ0n) is 18.9. The highest BCUT2D eigenvalue weighted by molar-refractivity contribution is 5.62. The number of nitrogens with zero attached hydrogens (tertiary/aromatic N) is 3. The first-order chi connectivity index (χ1) is 17.9. The van der Waals surface area contributed by atoms with Crippen LogP contribution in [0.3, 0.4) is 0 Å². The fourth-order valence-electron chi connectivity index (χ4n) is 3.99. The minimum Gasteiger partial charge on any atom is -0.278 e. The van der Waals surface area contributed by atoms with E-state index < -0.39 is 76.5 Å². The van der Waals surface area contributed by atoms with Gasteiger partial charge in [-0.25, -0.2) is 0 Å². The lowest BCUT2D eigenvalue weighted by molar-refractivity contribution is -0.143. The molecule has 0 radical (unpaired) electrons. The number of hydrogen-bond acceptors (Lipinski definition) is 2. The molecule has 1 atom stereocenters. The minimum atomic E-state index is -5.23. The van der Waals surface area contributed by atoms with Crippen molar-refractivity contribution in [3.05, 3.63) is 88.8 Å². The van der Waals surface area contributed by atoms with Crippen molar-refractivity contribution in [1.29, 1.82) is 0 Å². The van der Waals surface area contributed by atoms with E-state index in [1.807, 2.05) is 0 Å². The van der Waals surface area contributed by atoms with Gasteiger partial charge in [-0.3, -0.25) is 4.57 Å². The number of hydrogen-bond donors (Lipinski definition) is 0. The number of rotatable bonds is 3. The van der Waals surface area contributed by atoms with Crippen molar-refractivity contribution in [1.82, 2.24) is 14.8 Å². The number of halogens is 12. The lowest BCUT2D eigenvalue weighted by Gasteiger charge is -2.24. The van der Waals surface area contributed by atoms with E-state index in [9.17, 15) is 52.7 Å². The smallest absolute Gasteiger partial charge is 0.278 e. The van der Waals surface area contributed by atoms with Gasteiger partial charge in [0.25, 0.3) is 0 Å². The van der Waals surface area contributed by atoms with Gasteiger partial charge in [0.1, 0.15) is 5.82 Å². The fourth-order valence-corrected chi connectivity index (χ4v) is 3.99. The maximum Gasteiger partial charge on any atom is 0.416 e. The lowest BCUT2D eigenvalue weighted by Crippen LogP contribution is -2.23. The van der Waals surface area contributed by atoms with Crippen LogP contribution >= 0.6 is 0 Å². The van der Waals surface area contributed by atoms with Gasteiger partial charge >= 0.3 is 24.7 Å². The molecule has 0 N–H and O–H groups in total. The van der Waals surface area contributed by atoms with E-state index in [4.69, 9.17) is 0 Å². The molecule has 0 aliphatic heterocycles. The molecule has 1 aliphatic rings. The molecule has 39 heavy (non-hydrogen) atoms. The van der Waals surface area contributed by atoms with Crippen LogP contribution in [0.2, 0.25) is 0 Å². The first-order valence-corrected chi connectivity index (χ1v) is 10.7. The number of aromatic nitrogens is 3. The summed E-state index contributed by atoms with van der Waals surface area (Å²) in [7, 11) is 0. The molecule has 0 saturated carbocycles. The molecule has 15 heteroatoms. The average Bonchev–Trinajstić information content (AvgIpc) is 3.27. The van der Waals surface area contributed by atoms with E-state index in [1.165, 1.54) is 30.3 Å². The molecule has 1 unspecified atom stereocenters. The highest BCUT2D eigenvalue weighted by Crippen LogP contribution is 2.44. The summed E-state index contributed by atoms with van der Waals surface area (Å²) in [5.41, 5.74) is -7.38. The first-order valence-electron chi connectivity index (χ1n) is 10.7. The van der Waals surface area contributed by atoms with Gasteiger partial charge < -0.3 is 0 Å². The zero-order valence-corrected chi connectivity index (χ0v) is 18.9. The van der Waals surface area contributed by atoms with Gasteiger partial charge in [-0.15, -0.1) is 10.2 Å². The largest absolute Gasteiger partial charge is 0.416 e. The molecular formula is C24H13F12N3. The molecule has 0 bridgehead atoms. The van der Waals surface area contributed by atoms with Crippen LogP contribution < -0.4 is 0 Å². The van der Waals surface area contributed by atoms with Crippen molar-refractivity contribution in [2.45, 2.75) is 37.0 Å². The summed E-state index contributed by atoms with van der Waals surface area (Å²) in [6, 6.07) is 7.35. The van der Waals surface area contributed by atoms with E-state index >= 15 is 0 Å². The van der Waals surface area contributed by atoms with Crippen LogP contribution in [0.25, 0.3) is 17.1 Å². The maximum atomic E-state index is 13.5. The second-order valence-corrected chi connectivity index (χ2v) is 8.45. The Morgan fingerprint density at radius 2 is 1.23 bits per heavy atom. The molecule has 0 fully saturated rings. The average molecular weight is 571 g/mol. The Labute approximate surface area is 211 Å². The van der Waals surface area contributed by atoms with E-state index in [1.54, 1.807) is 0 Å². The van der Waals surface area contributed by atoms with Crippen molar-refractivity contribution >= 4 is 0 Å². The van der Waals surface area contributed by atoms with Crippen molar-refractivity contribution < 1.29 is 52.7 Å². The Balaban J connectivity index is 1.98. The normalized spacial score (nSPS) is 17.2. The van der Waals surface area contributed by atoms with Crippen LogP contribution in [-0.2, 0) is 12.4 Å². The minimum absolute atomic E-state index is 0.0245. The van der Waals surface area contributed by atoms with Crippen molar-refractivity contribution in [2.24, 2.45) is 0 Å². The van der Waals surface area contributed by atoms with Crippen molar-refractivity contribution in [3.8, 4) is 17.1 Å². The van der Waals surface area contributed by atoms with Crippen molar-refractivity contribution in [2.75, 3.05) is 0 Å². The maximum absolute atomic E-state index is 13.5. The highest BCUT2D eigenvalue weighted by atomic mass is 19.4. The van der Waals surface area contributed by atoms with Crippen LogP contribution in [0.1, 0.15) is 29.3 Å². The molecule has 3 aromatic rings. The Morgan fingerprint density at radius 1 is 0.667 bits per heavy atom. The number of alkyl halides is 12. The van der Waals surface area contributed by atoms with Crippen LogP contribution in [0.4, 0.5) is 52.7 Å². The third-order valence-corrected chi connectivity index (χ3v) is 5.72. The lowest BCUT2D eigenvalue weighted by atomic mass is 9.88. The standard InChI is InChI=1S/C24H13F12N3/c25-21(26,27)14-6-12(7-15(10-14)22(28,29)30)19-37-38-20(39(19)18-4-2-1-3-5-18)13-8-16(23(31,32)33)11-17(9-13)24(34,35)36/h1-8,10-11,13H,9H2. The summed E-state index contributed by atoms with van der Waals surface area (Å²) in [5.74, 6) is -2.95. The predicted octanol–water partition coefficient (Wildman–Crippen LogP) is 8.44. The molecule has 0 saturated heterocycles. The summed E-state index contributed by atoms with van der Waals surface area (Å²) < 4.78 is 162. The summed E-state index contributed by atoms with van der Waals surface area (Å²) in [6.07, 6.45) is -21.5. The third kappa shape index (κ3) is 5.96. The molecule has 208 valence electrons. The second kappa shape index (κ2) is 9.45.